The molecule has 3 nitrogen and oxygen atoms in total. The van der Waals surface area contributed by atoms with Crippen LogP contribution >= 0.6 is 0 Å². The monoisotopic (exact) mass is 260 g/mol. The lowest BCUT2D eigenvalue weighted by Crippen LogP contribution is -2.00. The molecule has 0 saturated heterocycles. The Kier molecular flexibility index (Phi) is 5.37. The fourth-order valence-corrected chi connectivity index (χ4v) is 2.03. The molecule has 0 radical (unpaired) electrons. The Hall–Kier alpha value is -2.03. The van der Waals surface area contributed by atoms with E-state index in [1.165, 1.54) is 0 Å². The van der Waals surface area contributed by atoms with Crippen molar-refractivity contribution in [2.24, 2.45) is 0 Å². The third kappa shape index (κ3) is 3.05. The van der Waals surface area contributed by atoms with E-state index >= 15 is 0 Å². The van der Waals surface area contributed by atoms with Crippen molar-refractivity contribution >= 4 is 6.29 Å². The molecule has 0 aliphatic carbocycles. The van der Waals surface area contributed by atoms with E-state index in [4.69, 9.17) is 0 Å². The van der Waals surface area contributed by atoms with Gasteiger partial charge in [-0.15, -0.1) is 0 Å². The van der Waals surface area contributed by atoms with Crippen LogP contribution in [0.2, 0.25) is 0 Å². The second kappa shape index (κ2) is 6.78. The predicted octanol–water partition coefficient (Wildman–Crippen LogP) is 3.46. The summed E-state index contributed by atoms with van der Waals surface area (Å²) in [4.78, 5) is 11.1. The summed E-state index contributed by atoms with van der Waals surface area (Å²) in [6.45, 7) is 5.50. The minimum atomic E-state index is -0.118. The minimum Gasteiger partial charge on any atom is -0.507 e. The van der Waals surface area contributed by atoms with Crippen molar-refractivity contribution in [3.8, 4) is 11.5 Å². The number of hydrogen-bond acceptors (Lipinski definition) is 3. The van der Waals surface area contributed by atoms with Crippen molar-refractivity contribution in [2.45, 2.75) is 33.6 Å². The van der Waals surface area contributed by atoms with E-state index in [0.29, 0.717) is 35.8 Å². The first-order chi connectivity index (χ1) is 9.08. The molecule has 0 saturated carbocycles. The van der Waals surface area contributed by atoms with Crippen molar-refractivity contribution in [1.82, 2.24) is 0 Å². The number of benzene rings is 1. The van der Waals surface area contributed by atoms with Gasteiger partial charge in [-0.05, 0) is 39.2 Å². The molecule has 0 fully saturated rings. The highest BCUT2D eigenvalue weighted by Crippen LogP contribution is 2.37. The second-order valence-corrected chi connectivity index (χ2v) is 4.36. The summed E-state index contributed by atoms with van der Waals surface area (Å²) >= 11 is 0. The van der Waals surface area contributed by atoms with Crippen LogP contribution in [-0.4, -0.2) is 16.5 Å². The van der Waals surface area contributed by atoms with E-state index in [1.807, 2.05) is 38.2 Å². The van der Waals surface area contributed by atoms with Gasteiger partial charge in [-0.2, -0.15) is 0 Å². The van der Waals surface area contributed by atoms with Gasteiger partial charge in [0.25, 0.3) is 0 Å². The Balaban J connectivity index is 3.50. The number of rotatable bonds is 5. The molecule has 1 rings (SSSR count). The molecule has 0 amide bonds. The SMILES string of the molecule is C/C=C\Cc1c(O)c(C=O)c(C)c(C/C=C/C)c1O. The first-order valence-electron chi connectivity index (χ1n) is 6.32. The van der Waals surface area contributed by atoms with E-state index in [-0.39, 0.29) is 17.1 Å². The van der Waals surface area contributed by atoms with E-state index in [2.05, 4.69) is 0 Å². The number of carbonyl (C=O) groups is 1. The third-order valence-electron chi connectivity index (χ3n) is 3.20. The van der Waals surface area contributed by atoms with E-state index in [1.54, 1.807) is 6.92 Å². The van der Waals surface area contributed by atoms with Crippen LogP contribution < -0.4 is 0 Å². The zero-order valence-electron chi connectivity index (χ0n) is 11.6. The molecule has 0 heterocycles. The van der Waals surface area contributed by atoms with Crippen LogP contribution in [0, 0.1) is 6.92 Å². The first-order valence-corrected chi connectivity index (χ1v) is 6.32. The number of phenolic OH excluding ortho intramolecular Hbond substituents is 2. The van der Waals surface area contributed by atoms with Gasteiger partial charge in [-0.1, -0.05) is 24.3 Å². The summed E-state index contributed by atoms with van der Waals surface area (Å²) in [5, 5.41) is 20.4. The number of carbonyl (C=O) groups excluding carboxylic acids is 1. The van der Waals surface area contributed by atoms with Crippen LogP contribution in [0.15, 0.2) is 24.3 Å². The van der Waals surface area contributed by atoms with E-state index < -0.39 is 0 Å². The highest BCUT2D eigenvalue weighted by molar-refractivity contribution is 5.84. The standard InChI is InChI=1S/C16H20O3/c1-4-6-8-12-11(3)14(10-17)16(19)13(15(12)18)9-7-5-2/h4-7,10,18-19H,8-9H2,1-3H3/b6-4+,7-5-. The van der Waals surface area contributed by atoms with E-state index in [0.717, 1.165) is 0 Å². The Labute approximate surface area is 113 Å². The normalized spacial score (nSPS) is 11.5. The lowest BCUT2D eigenvalue weighted by Gasteiger charge is -2.15. The van der Waals surface area contributed by atoms with Gasteiger partial charge in [0.15, 0.2) is 6.29 Å². The van der Waals surface area contributed by atoms with Gasteiger partial charge in [0, 0.05) is 11.1 Å². The summed E-state index contributed by atoms with van der Waals surface area (Å²) in [6, 6.07) is 0. The molecule has 19 heavy (non-hydrogen) atoms. The summed E-state index contributed by atoms with van der Waals surface area (Å²) in [5.74, 6) is -0.0378. The van der Waals surface area contributed by atoms with E-state index in [9.17, 15) is 15.0 Å². The van der Waals surface area contributed by atoms with Gasteiger partial charge in [-0.25, -0.2) is 0 Å². The number of hydrogen-bond donors (Lipinski definition) is 2. The fraction of sp³-hybridized carbons (Fsp3) is 0.312. The molecule has 1 aromatic carbocycles. The number of aromatic hydroxyl groups is 2. The summed E-state index contributed by atoms with van der Waals surface area (Å²) in [6.07, 6.45) is 9.05. The summed E-state index contributed by atoms with van der Waals surface area (Å²) in [5.41, 5.74) is 1.99. The van der Waals surface area contributed by atoms with Crippen LogP contribution in [0.3, 0.4) is 0 Å². The van der Waals surface area contributed by atoms with Gasteiger partial charge >= 0.3 is 0 Å². The van der Waals surface area contributed by atoms with Crippen molar-refractivity contribution in [3.63, 3.8) is 0 Å². The zero-order valence-corrected chi connectivity index (χ0v) is 11.6. The molecule has 3 heteroatoms. The maximum Gasteiger partial charge on any atom is 0.154 e. The average Bonchev–Trinajstić information content (AvgIpc) is 2.39. The fourth-order valence-electron chi connectivity index (χ4n) is 2.03. The highest BCUT2D eigenvalue weighted by Gasteiger charge is 2.19. The molecule has 0 spiro atoms. The minimum absolute atomic E-state index is 0.0804. The Morgan fingerprint density at radius 1 is 0.947 bits per heavy atom. The maximum absolute atomic E-state index is 11.1. The van der Waals surface area contributed by atoms with Gasteiger partial charge in [-0.3, -0.25) is 4.79 Å². The predicted molar refractivity (Wildman–Crippen MR) is 76.9 cm³/mol. The maximum atomic E-state index is 11.1. The third-order valence-corrected chi connectivity index (χ3v) is 3.20. The number of aldehydes is 1. The van der Waals surface area contributed by atoms with Gasteiger partial charge in [0.2, 0.25) is 0 Å². The molecular weight excluding hydrogens is 240 g/mol. The van der Waals surface area contributed by atoms with Crippen molar-refractivity contribution < 1.29 is 15.0 Å². The lowest BCUT2D eigenvalue weighted by atomic mass is 9.93. The Bertz CT molecular complexity index is 484. The highest BCUT2D eigenvalue weighted by atomic mass is 16.3. The van der Waals surface area contributed by atoms with Crippen molar-refractivity contribution in [2.75, 3.05) is 0 Å². The topological polar surface area (TPSA) is 57.5 Å². The smallest absolute Gasteiger partial charge is 0.154 e. The average molecular weight is 260 g/mol. The molecular formula is C16H20O3. The van der Waals surface area contributed by atoms with Crippen LogP contribution in [0.5, 0.6) is 11.5 Å². The van der Waals surface area contributed by atoms with Gasteiger partial charge in [0.1, 0.15) is 11.5 Å². The molecule has 1 aromatic rings. The number of phenols is 2. The summed E-state index contributed by atoms with van der Waals surface area (Å²) in [7, 11) is 0. The zero-order chi connectivity index (χ0) is 14.4. The first kappa shape index (κ1) is 15.0. The summed E-state index contributed by atoms with van der Waals surface area (Å²) < 4.78 is 0. The molecule has 2 N–H and O–H groups in total. The number of allylic oxidation sites excluding steroid dienone is 4. The van der Waals surface area contributed by atoms with Crippen molar-refractivity contribution in [3.05, 3.63) is 46.6 Å². The molecule has 0 aliphatic heterocycles. The van der Waals surface area contributed by atoms with Gasteiger partial charge in [0.05, 0.1) is 5.56 Å². The Morgan fingerprint density at radius 2 is 1.47 bits per heavy atom. The van der Waals surface area contributed by atoms with Crippen LogP contribution in [0.4, 0.5) is 0 Å². The molecule has 0 aromatic heterocycles. The largest absolute Gasteiger partial charge is 0.507 e. The van der Waals surface area contributed by atoms with Crippen molar-refractivity contribution in [1.29, 1.82) is 0 Å². The second-order valence-electron chi connectivity index (χ2n) is 4.36. The molecule has 0 unspecified atom stereocenters. The van der Waals surface area contributed by atoms with Gasteiger partial charge < -0.3 is 10.2 Å². The molecule has 0 aliphatic rings. The van der Waals surface area contributed by atoms with Crippen LogP contribution in [0.25, 0.3) is 0 Å². The lowest BCUT2D eigenvalue weighted by molar-refractivity contribution is 0.112. The van der Waals surface area contributed by atoms with Crippen LogP contribution in [0.1, 0.15) is 40.9 Å². The molecule has 0 bridgehead atoms. The molecule has 102 valence electrons. The quantitative estimate of drug-likeness (QED) is 0.629. The Morgan fingerprint density at radius 3 is 1.95 bits per heavy atom. The molecule has 0 atom stereocenters. The van der Waals surface area contributed by atoms with Crippen LogP contribution in [-0.2, 0) is 12.8 Å².